The van der Waals surface area contributed by atoms with E-state index in [1.54, 1.807) is 0 Å². The van der Waals surface area contributed by atoms with Crippen LogP contribution in [0.15, 0.2) is 41.8 Å². The van der Waals surface area contributed by atoms with Crippen molar-refractivity contribution in [3.63, 3.8) is 0 Å². The molecule has 1 fully saturated rings. The summed E-state index contributed by atoms with van der Waals surface area (Å²) in [7, 11) is 0. The van der Waals surface area contributed by atoms with Gasteiger partial charge < -0.3 is 10.1 Å². The summed E-state index contributed by atoms with van der Waals surface area (Å²) in [6.45, 7) is 0.783. The Hall–Kier alpha value is -1.81. The van der Waals surface area contributed by atoms with E-state index < -0.39 is 0 Å². The van der Waals surface area contributed by atoms with Crippen molar-refractivity contribution < 1.29 is 9.53 Å². The molecule has 1 amide bonds. The smallest absolute Gasteiger partial charge is 0.265 e. The molecule has 0 spiro atoms. The van der Waals surface area contributed by atoms with Crippen LogP contribution in [-0.4, -0.2) is 12.5 Å². The van der Waals surface area contributed by atoms with Crippen molar-refractivity contribution in [2.75, 3.05) is 11.9 Å². The first kappa shape index (κ1) is 16.1. The van der Waals surface area contributed by atoms with Gasteiger partial charge in [0.25, 0.3) is 5.91 Å². The first-order valence-corrected chi connectivity index (χ1v) is 9.27. The van der Waals surface area contributed by atoms with Crippen molar-refractivity contribution in [1.29, 1.82) is 0 Å². The van der Waals surface area contributed by atoms with Crippen molar-refractivity contribution in [2.45, 2.75) is 38.5 Å². The molecule has 1 saturated carbocycles. The predicted molar refractivity (Wildman–Crippen MR) is 95.4 cm³/mol. The van der Waals surface area contributed by atoms with Gasteiger partial charge in [0.15, 0.2) is 0 Å². The Kier molecular flexibility index (Phi) is 5.70. The zero-order valence-electron chi connectivity index (χ0n) is 13.3. The van der Waals surface area contributed by atoms with E-state index in [-0.39, 0.29) is 5.91 Å². The molecule has 3 nitrogen and oxygen atoms in total. The number of carbonyl (C=O) groups excluding carboxylic acids is 1. The molecule has 0 atom stereocenters. The molecule has 1 aliphatic carbocycles. The third kappa shape index (κ3) is 4.83. The van der Waals surface area contributed by atoms with Gasteiger partial charge >= 0.3 is 0 Å². The molecule has 122 valence electrons. The predicted octanol–water partition coefficient (Wildman–Crippen LogP) is 5.35. The van der Waals surface area contributed by atoms with E-state index in [1.807, 2.05) is 41.8 Å². The molecule has 23 heavy (non-hydrogen) atoms. The maximum atomic E-state index is 12.0. The number of carbonyl (C=O) groups is 1. The normalized spacial score (nSPS) is 15.3. The van der Waals surface area contributed by atoms with Gasteiger partial charge in [-0.1, -0.05) is 38.2 Å². The second-order valence-electron chi connectivity index (χ2n) is 6.10. The number of hydrogen-bond donors (Lipinski definition) is 1. The summed E-state index contributed by atoms with van der Waals surface area (Å²) in [5.74, 6) is 1.65. The van der Waals surface area contributed by atoms with E-state index in [0.717, 1.165) is 35.3 Å². The lowest BCUT2D eigenvalue weighted by Gasteiger charge is -2.21. The lowest BCUT2D eigenvalue weighted by Crippen LogP contribution is -2.11. The number of benzene rings is 1. The molecule has 0 unspecified atom stereocenters. The Morgan fingerprint density at radius 3 is 2.61 bits per heavy atom. The number of thiophene rings is 1. The van der Waals surface area contributed by atoms with E-state index in [2.05, 4.69) is 5.32 Å². The molecule has 0 radical (unpaired) electrons. The molecule has 0 bridgehead atoms. The molecule has 1 aliphatic rings. The molecule has 1 heterocycles. The summed E-state index contributed by atoms with van der Waals surface area (Å²) in [6.07, 6.45) is 8.02. The average Bonchev–Trinajstić information content (AvgIpc) is 3.12. The number of hydrogen-bond acceptors (Lipinski definition) is 3. The van der Waals surface area contributed by atoms with Crippen LogP contribution in [0.3, 0.4) is 0 Å². The Morgan fingerprint density at radius 2 is 1.91 bits per heavy atom. The molecule has 2 aromatic rings. The van der Waals surface area contributed by atoms with Crippen LogP contribution in [0.4, 0.5) is 5.69 Å². The van der Waals surface area contributed by atoms with Crippen LogP contribution in [0.25, 0.3) is 0 Å². The van der Waals surface area contributed by atoms with E-state index in [1.165, 1.54) is 43.4 Å². The first-order valence-electron chi connectivity index (χ1n) is 8.39. The molecule has 1 aromatic heterocycles. The summed E-state index contributed by atoms with van der Waals surface area (Å²) in [5, 5.41) is 4.80. The van der Waals surface area contributed by atoms with Crippen molar-refractivity contribution in [2.24, 2.45) is 5.92 Å². The summed E-state index contributed by atoms with van der Waals surface area (Å²) >= 11 is 1.44. The lowest BCUT2D eigenvalue weighted by atomic mass is 9.87. The number of ether oxygens (including phenoxy) is 1. The Morgan fingerprint density at radius 1 is 1.13 bits per heavy atom. The molecule has 0 aliphatic heterocycles. The van der Waals surface area contributed by atoms with Gasteiger partial charge in [-0.3, -0.25) is 4.79 Å². The fourth-order valence-corrected chi connectivity index (χ4v) is 3.67. The quantitative estimate of drug-likeness (QED) is 0.776. The Balaban J connectivity index is 1.44. The Labute approximate surface area is 141 Å². The number of rotatable bonds is 6. The molecule has 1 N–H and O–H groups in total. The van der Waals surface area contributed by atoms with E-state index in [4.69, 9.17) is 4.74 Å². The molecular weight excluding hydrogens is 306 g/mol. The maximum absolute atomic E-state index is 12.0. The molecular formula is C19H23NO2S. The van der Waals surface area contributed by atoms with Crippen LogP contribution in [-0.2, 0) is 0 Å². The third-order valence-electron chi connectivity index (χ3n) is 4.38. The summed E-state index contributed by atoms with van der Waals surface area (Å²) in [5.41, 5.74) is 0.794. The fourth-order valence-electron chi connectivity index (χ4n) is 3.05. The average molecular weight is 329 g/mol. The van der Waals surface area contributed by atoms with Gasteiger partial charge in [0, 0.05) is 5.69 Å². The molecule has 1 aromatic carbocycles. The maximum Gasteiger partial charge on any atom is 0.265 e. The standard InChI is InChI=1S/C19H23NO2S/c21-19(18-7-4-14-23-18)20-16-8-10-17(11-9-16)22-13-12-15-5-2-1-3-6-15/h4,7-11,14-15H,1-3,5-6,12-13H2,(H,20,21). The van der Waals surface area contributed by atoms with E-state index in [9.17, 15) is 4.79 Å². The second-order valence-corrected chi connectivity index (χ2v) is 7.04. The lowest BCUT2D eigenvalue weighted by molar-refractivity contribution is 0.103. The van der Waals surface area contributed by atoms with Gasteiger partial charge in [-0.15, -0.1) is 11.3 Å². The minimum atomic E-state index is -0.0639. The highest BCUT2D eigenvalue weighted by Gasteiger charge is 2.13. The van der Waals surface area contributed by atoms with Gasteiger partial charge in [0.05, 0.1) is 11.5 Å². The zero-order chi connectivity index (χ0) is 15.9. The second kappa shape index (κ2) is 8.16. The minimum Gasteiger partial charge on any atom is -0.494 e. The zero-order valence-corrected chi connectivity index (χ0v) is 14.1. The molecule has 0 saturated heterocycles. The third-order valence-corrected chi connectivity index (χ3v) is 5.25. The van der Waals surface area contributed by atoms with Crippen molar-refractivity contribution in [3.8, 4) is 5.75 Å². The first-order chi connectivity index (χ1) is 11.3. The van der Waals surface area contributed by atoms with Crippen LogP contribution in [0, 0.1) is 5.92 Å². The highest BCUT2D eigenvalue weighted by atomic mass is 32.1. The van der Waals surface area contributed by atoms with Gasteiger partial charge in [-0.2, -0.15) is 0 Å². The van der Waals surface area contributed by atoms with Gasteiger partial charge in [0.1, 0.15) is 5.75 Å². The molecule has 4 heteroatoms. The van der Waals surface area contributed by atoms with Crippen LogP contribution in [0.5, 0.6) is 5.75 Å². The van der Waals surface area contributed by atoms with Gasteiger partial charge in [0.2, 0.25) is 0 Å². The largest absolute Gasteiger partial charge is 0.494 e. The van der Waals surface area contributed by atoms with Crippen molar-refractivity contribution in [1.82, 2.24) is 0 Å². The summed E-state index contributed by atoms with van der Waals surface area (Å²) < 4.78 is 5.83. The fraction of sp³-hybridized carbons (Fsp3) is 0.421. The topological polar surface area (TPSA) is 38.3 Å². The van der Waals surface area contributed by atoms with Crippen LogP contribution >= 0.6 is 11.3 Å². The monoisotopic (exact) mass is 329 g/mol. The number of nitrogens with one attached hydrogen (secondary N) is 1. The van der Waals surface area contributed by atoms with Gasteiger partial charge in [-0.25, -0.2) is 0 Å². The summed E-state index contributed by atoms with van der Waals surface area (Å²) in [6, 6.07) is 11.3. The van der Waals surface area contributed by atoms with Crippen molar-refractivity contribution in [3.05, 3.63) is 46.7 Å². The van der Waals surface area contributed by atoms with E-state index in [0.29, 0.717) is 0 Å². The SMILES string of the molecule is O=C(Nc1ccc(OCCC2CCCCC2)cc1)c1cccs1. The van der Waals surface area contributed by atoms with Crippen LogP contribution in [0.1, 0.15) is 48.2 Å². The minimum absolute atomic E-state index is 0.0639. The highest BCUT2D eigenvalue weighted by molar-refractivity contribution is 7.12. The summed E-state index contributed by atoms with van der Waals surface area (Å²) in [4.78, 5) is 12.7. The number of amides is 1. The van der Waals surface area contributed by atoms with E-state index >= 15 is 0 Å². The Bertz CT molecular complexity index is 601. The molecule has 3 rings (SSSR count). The van der Waals surface area contributed by atoms with Crippen molar-refractivity contribution >= 4 is 22.9 Å². The van der Waals surface area contributed by atoms with Crippen LogP contribution in [0.2, 0.25) is 0 Å². The number of anilines is 1. The van der Waals surface area contributed by atoms with Crippen LogP contribution < -0.4 is 10.1 Å². The highest BCUT2D eigenvalue weighted by Crippen LogP contribution is 2.26. The van der Waals surface area contributed by atoms with Gasteiger partial charge in [-0.05, 0) is 48.1 Å².